The zero-order valence-electron chi connectivity index (χ0n) is 9.15. The van der Waals surface area contributed by atoms with Crippen molar-refractivity contribution in [3.63, 3.8) is 0 Å². The fraction of sp³-hybridized carbons (Fsp3) is 0.231. The van der Waals surface area contributed by atoms with Crippen molar-refractivity contribution < 1.29 is 14.7 Å². The van der Waals surface area contributed by atoms with Crippen molar-refractivity contribution in [1.29, 1.82) is 0 Å². The van der Waals surface area contributed by atoms with Gasteiger partial charge in [0.1, 0.15) is 0 Å². The molecule has 1 aromatic rings. The molecule has 3 nitrogen and oxygen atoms in total. The molecular weight excluding hydrogens is 204 g/mol. The number of hydrogen-bond acceptors (Lipinski definition) is 2. The van der Waals surface area contributed by atoms with Crippen LogP contribution in [-0.4, -0.2) is 16.9 Å². The van der Waals surface area contributed by atoms with E-state index in [0.717, 1.165) is 5.56 Å². The normalized spacial score (nSPS) is 17.0. The van der Waals surface area contributed by atoms with E-state index in [9.17, 15) is 9.59 Å². The third-order valence-corrected chi connectivity index (χ3v) is 2.88. The molecule has 0 amide bonds. The van der Waals surface area contributed by atoms with Gasteiger partial charge in [0.15, 0.2) is 5.78 Å². The Labute approximate surface area is 93.4 Å². The van der Waals surface area contributed by atoms with Crippen LogP contribution < -0.4 is 0 Å². The standard InChI is InChI=1S/C13H12O3/c1-13(2)6-5-11(14)9-7-8(12(15)16)3-4-10(9)13/h3-7H,1-2H3,(H,15,16). The maximum atomic E-state index is 11.7. The minimum atomic E-state index is -1.01. The van der Waals surface area contributed by atoms with Gasteiger partial charge in [0, 0.05) is 11.0 Å². The van der Waals surface area contributed by atoms with Gasteiger partial charge >= 0.3 is 5.97 Å². The van der Waals surface area contributed by atoms with Crippen molar-refractivity contribution in [3.05, 3.63) is 47.0 Å². The quantitative estimate of drug-likeness (QED) is 0.784. The minimum absolute atomic E-state index is 0.127. The Bertz CT molecular complexity index is 510. The summed E-state index contributed by atoms with van der Waals surface area (Å²) in [4.78, 5) is 22.5. The van der Waals surface area contributed by atoms with Gasteiger partial charge in [-0.25, -0.2) is 4.79 Å². The Balaban J connectivity index is 2.65. The lowest BCUT2D eigenvalue weighted by molar-refractivity contribution is 0.0697. The summed E-state index contributed by atoms with van der Waals surface area (Å²) in [6, 6.07) is 4.71. The van der Waals surface area contributed by atoms with Gasteiger partial charge in [-0.15, -0.1) is 0 Å². The molecular formula is C13H12O3. The van der Waals surface area contributed by atoms with Crippen molar-refractivity contribution in [2.45, 2.75) is 19.3 Å². The molecule has 0 aromatic heterocycles. The summed E-state index contributed by atoms with van der Waals surface area (Å²) in [7, 11) is 0. The predicted molar refractivity (Wildman–Crippen MR) is 59.9 cm³/mol. The number of carbonyl (C=O) groups excluding carboxylic acids is 1. The maximum Gasteiger partial charge on any atom is 0.335 e. The topological polar surface area (TPSA) is 54.4 Å². The summed E-state index contributed by atoms with van der Waals surface area (Å²) in [6.45, 7) is 3.99. The third kappa shape index (κ3) is 1.54. The molecule has 1 aliphatic rings. The van der Waals surface area contributed by atoms with Crippen molar-refractivity contribution in [2.75, 3.05) is 0 Å². The number of aromatic carboxylic acids is 1. The fourth-order valence-electron chi connectivity index (χ4n) is 1.91. The minimum Gasteiger partial charge on any atom is -0.478 e. The molecule has 0 radical (unpaired) electrons. The van der Waals surface area contributed by atoms with Crippen LogP contribution >= 0.6 is 0 Å². The first kappa shape index (κ1) is 10.6. The van der Waals surface area contributed by atoms with Gasteiger partial charge in [-0.1, -0.05) is 26.0 Å². The highest BCUT2D eigenvalue weighted by Crippen LogP contribution is 2.32. The van der Waals surface area contributed by atoms with E-state index in [2.05, 4.69) is 0 Å². The highest BCUT2D eigenvalue weighted by Gasteiger charge is 2.27. The number of ketones is 1. The molecule has 1 aromatic carbocycles. The number of carboxylic acid groups (broad SMARTS) is 1. The first-order chi connectivity index (χ1) is 7.42. The molecule has 3 heteroatoms. The molecule has 0 spiro atoms. The smallest absolute Gasteiger partial charge is 0.335 e. The molecule has 0 saturated heterocycles. The highest BCUT2D eigenvalue weighted by atomic mass is 16.4. The van der Waals surface area contributed by atoms with Crippen molar-refractivity contribution in [3.8, 4) is 0 Å². The first-order valence-electron chi connectivity index (χ1n) is 5.03. The molecule has 0 aliphatic heterocycles. The largest absolute Gasteiger partial charge is 0.478 e. The van der Waals surface area contributed by atoms with Gasteiger partial charge in [-0.3, -0.25) is 4.79 Å². The van der Waals surface area contributed by atoms with E-state index in [-0.39, 0.29) is 16.8 Å². The summed E-state index contributed by atoms with van der Waals surface area (Å²) in [5.41, 5.74) is 1.30. The molecule has 0 unspecified atom stereocenters. The lowest BCUT2D eigenvalue weighted by atomic mass is 9.76. The molecule has 2 rings (SSSR count). The Hall–Kier alpha value is -1.90. The first-order valence-corrected chi connectivity index (χ1v) is 5.03. The molecule has 82 valence electrons. The summed E-state index contributed by atoms with van der Waals surface area (Å²) < 4.78 is 0. The summed E-state index contributed by atoms with van der Waals surface area (Å²) >= 11 is 0. The van der Waals surface area contributed by atoms with Crippen LogP contribution in [0.4, 0.5) is 0 Å². The monoisotopic (exact) mass is 216 g/mol. The average molecular weight is 216 g/mol. The Morgan fingerprint density at radius 2 is 2.00 bits per heavy atom. The molecule has 0 fully saturated rings. The van der Waals surface area contributed by atoms with Crippen LogP contribution in [0.3, 0.4) is 0 Å². The van der Waals surface area contributed by atoms with Crippen LogP contribution in [0, 0.1) is 0 Å². The molecule has 0 heterocycles. The van der Waals surface area contributed by atoms with E-state index in [1.807, 2.05) is 19.9 Å². The van der Waals surface area contributed by atoms with Gasteiger partial charge in [0.2, 0.25) is 0 Å². The third-order valence-electron chi connectivity index (χ3n) is 2.88. The Morgan fingerprint density at radius 3 is 2.62 bits per heavy atom. The lowest BCUT2D eigenvalue weighted by Crippen LogP contribution is -2.23. The second-order valence-electron chi connectivity index (χ2n) is 4.48. The van der Waals surface area contributed by atoms with Crippen molar-refractivity contribution in [1.82, 2.24) is 0 Å². The zero-order chi connectivity index (χ0) is 11.9. The van der Waals surface area contributed by atoms with Crippen molar-refractivity contribution >= 4 is 11.8 Å². The second-order valence-corrected chi connectivity index (χ2v) is 4.48. The average Bonchev–Trinajstić information content (AvgIpc) is 2.23. The van der Waals surface area contributed by atoms with E-state index in [1.165, 1.54) is 18.2 Å². The van der Waals surface area contributed by atoms with Gasteiger partial charge in [0.05, 0.1) is 5.56 Å². The Kier molecular flexibility index (Phi) is 2.19. The summed E-state index contributed by atoms with van der Waals surface area (Å²) in [5, 5.41) is 8.87. The van der Waals surface area contributed by atoms with Gasteiger partial charge in [-0.05, 0) is 23.8 Å². The van der Waals surface area contributed by atoms with Crippen LogP contribution in [0.1, 0.15) is 40.1 Å². The highest BCUT2D eigenvalue weighted by molar-refractivity contribution is 6.08. The predicted octanol–water partition coefficient (Wildman–Crippen LogP) is 2.41. The molecule has 0 atom stereocenters. The zero-order valence-corrected chi connectivity index (χ0v) is 9.15. The van der Waals surface area contributed by atoms with Crippen LogP contribution in [0.15, 0.2) is 30.4 Å². The number of fused-ring (bicyclic) bond motifs is 1. The van der Waals surface area contributed by atoms with E-state index in [4.69, 9.17) is 5.11 Å². The SMILES string of the molecule is CC1(C)C=CC(=O)c2cc(C(=O)O)ccc21. The van der Waals surface area contributed by atoms with Gasteiger partial charge in [0.25, 0.3) is 0 Å². The summed E-state index contributed by atoms with van der Waals surface area (Å²) in [5.74, 6) is -1.14. The van der Waals surface area contributed by atoms with Crippen LogP contribution in [0.2, 0.25) is 0 Å². The maximum absolute atomic E-state index is 11.7. The van der Waals surface area contributed by atoms with Crippen LogP contribution in [0.5, 0.6) is 0 Å². The lowest BCUT2D eigenvalue weighted by Gasteiger charge is -2.27. The van der Waals surface area contributed by atoms with E-state index >= 15 is 0 Å². The van der Waals surface area contributed by atoms with E-state index < -0.39 is 5.97 Å². The van der Waals surface area contributed by atoms with Crippen LogP contribution in [-0.2, 0) is 5.41 Å². The van der Waals surface area contributed by atoms with Gasteiger partial charge < -0.3 is 5.11 Å². The summed E-state index contributed by atoms with van der Waals surface area (Å²) in [6.07, 6.45) is 3.35. The molecule has 0 saturated carbocycles. The number of carbonyl (C=O) groups is 2. The fourth-order valence-corrected chi connectivity index (χ4v) is 1.91. The number of rotatable bonds is 1. The number of benzene rings is 1. The van der Waals surface area contributed by atoms with Gasteiger partial charge in [-0.2, -0.15) is 0 Å². The van der Waals surface area contributed by atoms with Crippen molar-refractivity contribution in [2.24, 2.45) is 0 Å². The van der Waals surface area contributed by atoms with E-state index in [0.29, 0.717) is 5.56 Å². The Morgan fingerprint density at radius 1 is 1.31 bits per heavy atom. The number of allylic oxidation sites excluding steroid dienone is 2. The molecule has 1 N–H and O–H groups in total. The number of hydrogen-bond donors (Lipinski definition) is 1. The second kappa shape index (κ2) is 3.30. The molecule has 1 aliphatic carbocycles. The number of carboxylic acids is 1. The molecule has 0 bridgehead atoms. The molecule has 16 heavy (non-hydrogen) atoms. The van der Waals surface area contributed by atoms with Crippen LogP contribution in [0.25, 0.3) is 0 Å². The van der Waals surface area contributed by atoms with E-state index in [1.54, 1.807) is 6.07 Å².